The fourth-order valence-corrected chi connectivity index (χ4v) is 2.09. The van der Waals surface area contributed by atoms with Crippen LogP contribution >= 0.6 is 11.3 Å². The van der Waals surface area contributed by atoms with E-state index in [0.717, 1.165) is 11.3 Å². The van der Waals surface area contributed by atoms with Crippen LogP contribution in [0.1, 0.15) is 16.1 Å². The van der Waals surface area contributed by atoms with Crippen molar-refractivity contribution in [2.24, 2.45) is 0 Å². The topological polar surface area (TPSA) is 90.3 Å². The molecule has 0 fully saturated rings. The van der Waals surface area contributed by atoms with E-state index in [1.165, 1.54) is 0 Å². The summed E-state index contributed by atoms with van der Waals surface area (Å²) in [6, 6.07) is 0. The van der Waals surface area contributed by atoms with E-state index >= 15 is 0 Å². The van der Waals surface area contributed by atoms with Crippen LogP contribution in [0.15, 0.2) is 5.38 Å². The van der Waals surface area contributed by atoms with Gasteiger partial charge in [0.2, 0.25) is 0 Å². The summed E-state index contributed by atoms with van der Waals surface area (Å²) in [6.45, 7) is 1.64. The second kappa shape index (κ2) is 4.83. The molecule has 0 aliphatic rings. The molecule has 0 spiro atoms. The molecule has 0 aliphatic heterocycles. The molecular weight excluding hydrogens is 225 g/mol. The van der Waals surface area contributed by atoms with Crippen molar-refractivity contribution in [3.63, 3.8) is 0 Å². The van der Waals surface area contributed by atoms with E-state index in [-0.39, 0.29) is 34.6 Å². The third-order valence-electron chi connectivity index (χ3n) is 1.12. The fourth-order valence-electron chi connectivity index (χ4n) is 0.609. The largest absolute Gasteiger partial charge is 1.00 e. The Kier molecular flexibility index (Phi) is 5.02. The number of aromatic nitrogens is 1. The quantitative estimate of drug-likeness (QED) is 0.432. The minimum absolute atomic E-state index is 0. The number of aryl methyl sites for hydroxylation is 1. The van der Waals surface area contributed by atoms with Crippen molar-refractivity contribution >= 4 is 21.5 Å². The molecule has 1 rings (SSSR count). The summed E-state index contributed by atoms with van der Waals surface area (Å²) in [4.78, 5) is 3.67. The standard InChI is InChI=1S/C5H7NO4S2.Na/c1-3-2-11-4(6-3)5(7)12(8,9)10;/h2,5,7H,1H3,(H,8,9,10);/q;+1/p-1. The third-order valence-corrected chi connectivity index (χ3v) is 3.06. The molecule has 1 aromatic heterocycles. The molecule has 1 unspecified atom stereocenters. The number of aliphatic hydroxyl groups excluding tert-OH is 1. The molecule has 0 saturated heterocycles. The zero-order valence-corrected chi connectivity index (χ0v) is 10.7. The van der Waals surface area contributed by atoms with Gasteiger partial charge in [-0.1, -0.05) is 0 Å². The SMILES string of the molecule is Cc1csc(C(O)S(=O)(=O)[O-])n1.[Na+]. The molecule has 68 valence electrons. The smallest absolute Gasteiger partial charge is 0.746 e. The Morgan fingerprint density at radius 1 is 1.69 bits per heavy atom. The number of hydrogen-bond acceptors (Lipinski definition) is 6. The van der Waals surface area contributed by atoms with Gasteiger partial charge in [-0.2, -0.15) is 0 Å². The normalized spacial score (nSPS) is 13.5. The van der Waals surface area contributed by atoms with Crippen LogP contribution in [-0.4, -0.2) is 23.1 Å². The van der Waals surface area contributed by atoms with Crippen LogP contribution in [0.5, 0.6) is 0 Å². The van der Waals surface area contributed by atoms with Gasteiger partial charge in [0.05, 0.1) is 0 Å². The Balaban J connectivity index is 0.00000144. The first kappa shape index (κ1) is 13.5. The van der Waals surface area contributed by atoms with Crippen LogP contribution in [0.3, 0.4) is 0 Å². The van der Waals surface area contributed by atoms with Gasteiger partial charge in [0.1, 0.15) is 15.1 Å². The van der Waals surface area contributed by atoms with E-state index in [1.807, 2.05) is 0 Å². The van der Waals surface area contributed by atoms with Gasteiger partial charge in [-0.3, -0.25) is 0 Å². The van der Waals surface area contributed by atoms with Gasteiger partial charge in [0.25, 0.3) is 0 Å². The maximum absolute atomic E-state index is 10.3. The Morgan fingerprint density at radius 2 is 2.23 bits per heavy atom. The molecule has 0 amide bonds. The molecule has 1 heterocycles. The summed E-state index contributed by atoms with van der Waals surface area (Å²) < 4.78 is 30.9. The minimum Gasteiger partial charge on any atom is -0.746 e. The van der Waals surface area contributed by atoms with Crippen molar-refractivity contribution in [1.82, 2.24) is 4.98 Å². The fraction of sp³-hybridized carbons (Fsp3) is 0.400. The molecule has 0 bridgehead atoms. The maximum atomic E-state index is 10.3. The van der Waals surface area contributed by atoms with Gasteiger partial charge in [-0.25, -0.2) is 13.4 Å². The van der Waals surface area contributed by atoms with Crippen molar-refractivity contribution in [3.8, 4) is 0 Å². The van der Waals surface area contributed by atoms with Crippen molar-refractivity contribution in [2.75, 3.05) is 0 Å². The van der Waals surface area contributed by atoms with Crippen LogP contribution in [0.25, 0.3) is 0 Å². The predicted octanol–water partition coefficient (Wildman–Crippen LogP) is -3.01. The van der Waals surface area contributed by atoms with E-state index in [2.05, 4.69) is 4.98 Å². The van der Waals surface area contributed by atoms with Crippen LogP contribution in [0.4, 0.5) is 0 Å². The van der Waals surface area contributed by atoms with Crippen molar-refractivity contribution in [1.29, 1.82) is 0 Å². The summed E-state index contributed by atoms with van der Waals surface area (Å²) in [5.41, 5.74) is -1.45. The van der Waals surface area contributed by atoms with Crippen LogP contribution in [0.2, 0.25) is 0 Å². The van der Waals surface area contributed by atoms with Crippen molar-refractivity contribution in [3.05, 3.63) is 16.1 Å². The van der Waals surface area contributed by atoms with Crippen LogP contribution in [0, 0.1) is 6.92 Å². The van der Waals surface area contributed by atoms with Gasteiger partial charge in [0.15, 0.2) is 5.44 Å². The summed E-state index contributed by atoms with van der Waals surface area (Å²) in [5, 5.41) is 10.4. The average molecular weight is 231 g/mol. The van der Waals surface area contributed by atoms with Gasteiger partial charge < -0.3 is 9.66 Å². The first-order valence-electron chi connectivity index (χ1n) is 2.96. The average Bonchev–Trinajstić information content (AvgIpc) is 2.32. The van der Waals surface area contributed by atoms with E-state index < -0.39 is 15.6 Å². The van der Waals surface area contributed by atoms with E-state index in [9.17, 15) is 13.0 Å². The van der Waals surface area contributed by atoms with Gasteiger partial charge in [-0.15, -0.1) is 11.3 Å². The van der Waals surface area contributed by atoms with E-state index in [1.54, 1.807) is 12.3 Å². The Morgan fingerprint density at radius 3 is 2.54 bits per heavy atom. The Labute approximate surface area is 102 Å². The van der Waals surface area contributed by atoms with Crippen LogP contribution in [-0.2, 0) is 10.1 Å². The first-order chi connectivity index (χ1) is 5.41. The Bertz CT molecular complexity index is 374. The molecule has 0 aliphatic carbocycles. The van der Waals surface area contributed by atoms with Gasteiger partial charge in [0, 0.05) is 11.1 Å². The monoisotopic (exact) mass is 231 g/mol. The molecule has 0 radical (unpaired) electrons. The second-order valence-corrected chi connectivity index (χ2v) is 4.49. The summed E-state index contributed by atoms with van der Waals surface area (Å²) >= 11 is 0.944. The summed E-state index contributed by atoms with van der Waals surface area (Å²) in [5.74, 6) is 0. The molecule has 1 atom stereocenters. The number of hydrogen-bond donors (Lipinski definition) is 1. The third kappa shape index (κ3) is 3.62. The van der Waals surface area contributed by atoms with E-state index in [0.29, 0.717) is 5.69 Å². The Hall–Kier alpha value is 0.500. The molecule has 5 nitrogen and oxygen atoms in total. The molecule has 13 heavy (non-hydrogen) atoms. The van der Waals surface area contributed by atoms with Crippen molar-refractivity contribution < 1.29 is 47.6 Å². The molecule has 1 aromatic rings. The van der Waals surface area contributed by atoms with Crippen molar-refractivity contribution in [2.45, 2.75) is 12.4 Å². The van der Waals surface area contributed by atoms with Crippen LogP contribution < -0.4 is 29.6 Å². The number of aliphatic hydroxyl groups is 1. The molecule has 1 N–H and O–H groups in total. The first-order valence-corrected chi connectivity index (χ1v) is 5.31. The second-order valence-electron chi connectivity index (χ2n) is 2.17. The zero-order chi connectivity index (χ0) is 9.35. The minimum atomic E-state index is -4.69. The van der Waals surface area contributed by atoms with E-state index in [4.69, 9.17) is 5.11 Å². The van der Waals surface area contributed by atoms with Gasteiger partial charge in [-0.05, 0) is 6.92 Å². The molecule has 0 saturated carbocycles. The number of thiazole rings is 1. The zero-order valence-electron chi connectivity index (χ0n) is 7.09. The van der Waals surface area contributed by atoms with Gasteiger partial charge >= 0.3 is 29.6 Å². The number of rotatable bonds is 2. The maximum Gasteiger partial charge on any atom is 1.00 e. The summed E-state index contributed by atoms with van der Waals surface area (Å²) in [6.07, 6.45) is 0. The predicted molar refractivity (Wildman–Crippen MR) is 41.5 cm³/mol. The number of nitrogens with zero attached hydrogens (tertiary/aromatic N) is 1. The molecular formula is C5H6NNaO4S2. The molecule has 8 heteroatoms. The molecule has 0 aromatic carbocycles. The summed E-state index contributed by atoms with van der Waals surface area (Å²) in [7, 11) is -4.69.